The normalized spacial score (nSPS) is 13.8. The number of aromatic amines is 2. The Morgan fingerprint density at radius 2 is 1.85 bits per heavy atom. The number of nitrogens with one attached hydrogen (secondary N) is 2. The van der Waals surface area contributed by atoms with Gasteiger partial charge in [-0.2, -0.15) is 8.78 Å². The van der Waals surface area contributed by atoms with Crippen molar-refractivity contribution in [3.8, 4) is 22.6 Å². The highest BCUT2D eigenvalue weighted by Gasteiger charge is 2.18. The van der Waals surface area contributed by atoms with Gasteiger partial charge in [0.2, 0.25) is 5.89 Å². The van der Waals surface area contributed by atoms with Gasteiger partial charge in [-0.25, -0.2) is 9.18 Å². The van der Waals surface area contributed by atoms with Gasteiger partial charge >= 0.3 is 12.1 Å². The highest BCUT2D eigenvalue weighted by Crippen LogP contribution is 2.32. The second kappa shape index (κ2) is 11.0. The summed E-state index contributed by atoms with van der Waals surface area (Å²) in [6, 6.07) is 13.6. The lowest BCUT2D eigenvalue weighted by atomic mass is 10.0. The molecule has 0 radical (unpaired) electrons. The van der Waals surface area contributed by atoms with Crippen molar-refractivity contribution in [1.82, 2.24) is 34.6 Å². The van der Waals surface area contributed by atoms with E-state index in [4.69, 9.17) is 4.42 Å². The fourth-order valence-electron chi connectivity index (χ4n) is 4.98. The van der Waals surface area contributed by atoms with Gasteiger partial charge in [0.05, 0.1) is 28.8 Å². The Labute approximate surface area is 231 Å². The molecule has 0 amide bonds. The number of likely N-dealkylation sites (tertiary alicyclic amines) is 1. The lowest BCUT2D eigenvalue weighted by Gasteiger charge is -2.08. The molecule has 1 aliphatic heterocycles. The SMILES string of the molecule is CN1CCCC1.O=c1[nH]c2cc(-c3cccc4[nH]ccc34)c(F)cc2n1Cc1ccc(-c2nnc(C(F)F)o2)cn1. The van der Waals surface area contributed by atoms with Crippen molar-refractivity contribution < 1.29 is 17.6 Å². The molecule has 0 unspecified atom stereocenters. The molecule has 41 heavy (non-hydrogen) atoms. The maximum atomic E-state index is 15.2. The van der Waals surface area contributed by atoms with Crippen molar-refractivity contribution in [2.75, 3.05) is 20.1 Å². The second-order valence-electron chi connectivity index (χ2n) is 9.90. The standard InChI is InChI=1S/C24H15F3N6O2.C5H11N/c25-17-9-20-19(8-16(17)14-2-1-3-18-15(14)6-7-28-18)30-24(34)33(20)11-13-5-4-12(10-29-13)22-31-32-23(35-22)21(26)27;1-6-4-2-3-5-6/h1-10,21,28H,11H2,(H,30,34);2-5H2,1H3. The van der Waals surface area contributed by atoms with Crippen molar-refractivity contribution in [1.29, 1.82) is 0 Å². The third-order valence-electron chi connectivity index (χ3n) is 7.10. The Morgan fingerprint density at radius 1 is 1.02 bits per heavy atom. The molecular weight excluding hydrogens is 535 g/mol. The van der Waals surface area contributed by atoms with E-state index in [1.807, 2.05) is 24.3 Å². The minimum atomic E-state index is -2.87. The molecule has 4 aromatic heterocycles. The van der Waals surface area contributed by atoms with Gasteiger partial charge in [-0.1, -0.05) is 12.1 Å². The molecule has 7 rings (SSSR count). The number of pyridine rings is 1. The zero-order chi connectivity index (χ0) is 28.5. The summed E-state index contributed by atoms with van der Waals surface area (Å²) in [5.41, 5.74) is 3.28. The average molecular weight is 562 g/mol. The van der Waals surface area contributed by atoms with Crippen molar-refractivity contribution in [3.63, 3.8) is 0 Å². The molecule has 0 atom stereocenters. The zero-order valence-corrected chi connectivity index (χ0v) is 22.1. The first-order valence-electron chi connectivity index (χ1n) is 13.1. The summed E-state index contributed by atoms with van der Waals surface area (Å²) >= 11 is 0. The Kier molecular flexibility index (Phi) is 7.14. The summed E-state index contributed by atoms with van der Waals surface area (Å²) < 4.78 is 46.9. The number of halogens is 3. The summed E-state index contributed by atoms with van der Waals surface area (Å²) in [4.78, 5) is 25.2. The molecule has 1 aliphatic rings. The first-order valence-corrected chi connectivity index (χ1v) is 13.1. The van der Waals surface area contributed by atoms with E-state index in [1.165, 1.54) is 42.8 Å². The van der Waals surface area contributed by atoms with Crippen LogP contribution in [-0.2, 0) is 6.54 Å². The van der Waals surface area contributed by atoms with Crippen LogP contribution in [0, 0.1) is 5.82 Å². The van der Waals surface area contributed by atoms with Gasteiger partial charge in [-0.3, -0.25) is 9.55 Å². The first-order chi connectivity index (χ1) is 19.9. The van der Waals surface area contributed by atoms with E-state index in [0.717, 1.165) is 10.9 Å². The molecule has 2 N–H and O–H groups in total. The van der Waals surface area contributed by atoms with Gasteiger partial charge in [0.15, 0.2) is 0 Å². The van der Waals surface area contributed by atoms with Crippen LogP contribution in [0.15, 0.2) is 70.1 Å². The summed E-state index contributed by atoms with van der Waals surface area (Å²) in [5, 5.41) is 7.75. The molecular formula is C29H26F3N7O2. The lowest BCUT2D eigenvalue weighted by molar-refractivity contribution is 0.116. The first kappa shape index (κ1) is 26.5. The van der Waals surface area contributed by atoms with Crippen LogP contribution in [0.1, 0.15) is 30.9 Å². The van der Waals surface area contributed by atoms with Gasteiger partial charge in [-0.05, 0) is 68.9 Å². The highest BCUT2D eigenvalue weighted by atomic mass is 19.3. The van der Waals surface area contributed by atoms with E-state index in [0.29, 0.717) is 33.4 Å². The fourth-order valence-corrected chi connectivity index (χ4v) is 4.98. The number of hydrogen-bond acceptors (Lipinski definition) is 6. The second-order valence-corrected chi connectivity index (χ2v) is 9.90. The van der Waals surface area contributed by atoms with Crippen LogP contribution in [0.2, 0.25) is 0 Å². The maximum absolute atomic E-state index is 15.2. The molecule has 0 spiro atoms. The summed E-state index contributed by atoms with van der Waals surface area (Å²) in [6.07, 6.45) is 3.13. The van der Waals surface area contributed by atoms with E-state index in [2.05, 4.69) is 37.1 Å². The van der Waals surface area contributed by atoms with Crippen molar-refractivity contribution in [3.05, 3.63) is 88.8 Å². The Balaban J connectivity index is 0.000000449. The molecule has 12 heteroatoms. The smallest absolute Gasteiger partial charge is 0.326 e. The van der Waals surface area contributed by atoms with Gasteiger partial charge < -0.3 is 19.3 Å². The molecule has 2 aromatic carbocycles. The molecule has 0 bridgehead atoms. The molecule has 9 nitrogen and oxygen atoms in total. The van der Waals surface area contributed by atoms with Gasteiger partial charge in [0.25, 0.3) is 5.89 Å². The van der Waals surface area contributed by atoms with Gasteiger partial charge in [-0.15, -0.1) is 10.2 Å². The number of imidazole rings is 1. The Hall–Kier alpha value is -4.71. The summed E-state index contributed by atoms with van der Waals surface area (Å²) in [6.45, 7) is 2.71. The van der Waals surface area contributed by atoms with Gasteiger partial charge in [0, 0.05) is 34.9 Å². The van der Waals surface area contributed by atoms with Crippen LogP contribution < -0.4 is 5.69 Å². The van der Waals surface area contributed by atoms with E-state index < -0.39 is 23.8 Å². The molecule has 0 aliphatic carbocycles. The monoisotopic (exact) mass is 561 g/mol. The maximum Gasteiger partial charge on any atom is 0.326 e. The Bertz CT molecular complexity index is 1870. The van der Waals surface area contributed by atoms with E-state index >= 15 is 4.39 Å². The highest BCUT2D eigenvalue weighted by molar-refractivity contribution is 5.97. The number of nitrogens with zero attached hydrogens (tertiary/aromatic N) is 5. The number of alkyl halides is 2. The molecule has 210 valence electrons. The van der Waals surface area contributed by atoms with Crippen LogP contribution >= 0.6 is 0 Å². The number of hydrogen-bond donors (Lipinski definition) is 2. The summed E-state index contributed by atoms with van der Waals surface area (Å²) in [7, 11) is 2.17. The summed E-state index contributed by atoms with van der Waals surface area (Å²) in [5.74, 6) is -1.33. The van der Waals surface area contributed by atoms with Crippen molar-refractivity contribution in [2.24, 2.45) is 0 Å². The zero-order valence-electron chi connectivity index (χ0n) is 22.1. The quantitative estimate of drug-likeness (QED) is 0.277. The molecule has 5 heterocycles. The topological polar surface area (TPSA) is 109 Å². The molecule has 1 saturated heterocycles. The number of fused-ring (bicyclic) bond motifs is 2. The van der Waals surface area contributed by atoms with Crippen LogP contribution in [-0.4, -0.2) is 54.8 Å². The van der Waals surface area contributed by atoms with Crippen LogP contribution in [0.5, 0.6) is 0 Å². The number of rotatable bonds is 5. The van der Waals surface area contributed by atoms with Gasteiger partial charge in [0.1, 0.15) is 5.82 Å². The van der Waals surface area contributed by atoms with Crippen molar-refractivity contribution >= 4 is 21.9 Å². The molecule has 1 fully saturated rings. The largest absolute Gasteiger partial charge is 0.415 e. The van der Waals surface area contributed by atoms with E-state index in [-0.39, 0.29) is 12.4 Å². The third kappa shape index (κ3) is 5.38. The number of benzene rings is 2. The van der Waals surface area contributed by atoms with Crippen LogP contribution in [0.3, 0.4) is 0 Å². The van der Waals surface area contributed by atoms with E-state index in [1.54, 1.807) is 24.4 Å². The average Bonchev–Trinajstić information content (AvgIpc) is 3.78. The number of H-pyrrole nitrogens is 2. The van der Waals surface area contributed by atoms with E-state index in [9.17, 15) is 13.6 Å². The minimum absolute atomic E-state index is 0.0669. The molecule has 0 saturated carbocycles. The predicted molar refractivity (Wildman–Crippen MR) is 148 cm³/mol. The molecule has 6 aromatic rings. The van der Waals surface area contributed by atoms with Crippen molar-refractivity contribution in [2.45, 2.75) is 25.8 Å². The number of aromatic nitrogens is 6. The lowest BCUT2D eigenvalue weighted by Crippen LogP contribution is -2.17. The fraction of sp³-hybridized carbons (Fsp3) is 0.241. The third-order valence-corrected chi connectivity index (χ3v) is 7.10. The Morgan fingerprint density at radius 3 is 2.54 bits per heavy atom. The van der Waals surface area contributed by atoms with Crippen LogP contribution in [0.25, 0.3) is 44.5 Å². The predicted octanol–water partition coefficient (Wildman–Crippen LogP) is 5.76. The minimum Gasteiger partial charge on any atom is -0.415 e. The van der Waals surface area contributed by atoms with Crippen LogP contribution in [0.4, 0.5) is 13.2 Å².